The third-order valence-corrected chi connectivity index (χ3v) is 5.14. The number of amides is 2. The van der Waals surface area contributed by atoms with Gasteiger partial charge in [-0.25, -0.2) is 0 Å². The van der Waals surface area contributed by atoms with E-state index in [9.17, 15) is 9.59 Å². The van der Waals surface area contributed by atoms with E-state index in [1.165, 1.54) is 0 Å². The summed E-state index contributed by atoms with van der Waals surface area (Å²) < 4.78 is 0. The topological polar surface area (TPSA) is 52.7 Å². The van der Waals surface area contributed by atoms with Gasteiger partial charge in [0.1, 0.15) is 6.04 Å². The van der Waals surface area contributed by atoms with Crippen LogP contribution in [0, 0.1) is 13.8 Å². The van der Waals surface area contributed by atoms with Crippen LogP contribution in [0.1, 0.15) is 29.7 Å². The maximum atomic E-state index is 13.3. The van der Waals surface area contributed by atoms with E-state index in [1.54, 1.807) is 6.92 Å². The summed E-state index contributed by atoms with van der Waals surface area (Å²) in [6.45, 7) is 8.27. The van der Waals surface area contributed by atoms with Crippen LogP contribution in [0.5, 0.6) is 0 Å². The molecule has 1 heterocycles. The summed E-state index contributed by atoms with van der Waals surface area (Å²) in [7, 11) is 0. The number of rotatable bonds is 4. The lowest BCUT2D eigenvalue weighted by atomic mass is 10.0. The van der Waals surface area contributed by atoms with Crippen LogP contribution in [0.3, 0.4) is 0 Å². The van der Waals surface area contributed by atoms with Gasteiger partial charge in [-0.1, -0.05) is 42.5 Å². The molecule has 1 fully saturated rings. The highest BCUT2D eigenvalue weighted by atomic mass is 16.2. The lowest BCUT2D eigenvalue weighted by Gasteiger charge is -2.38. The maximum Gasteiger partial charge on any atom is 0.246 e. The van der Waals surface area contributed by atoms with Crippen molar-refractivity contribution >= 4 is 17.5 Å². The fraction of sp³-hybridized carbons (Fsp3) is 0.364. The summed E-state index contributed by atoms with van der Waals surface area (Å²) in [5.74, 6) is 0.0527. The monoisotopic (exact) mass is 365 g/mol. The molecule has 27 heavy (non-hydrogen) atoms. The Morgan fingerprint density at radius 1 is 0.963 bits per heavy atom. The highest BCUT2D eigenvalue weighted by molar-refractivity contribution is 5.96. The molecular formula is C22H27N3O2. The summed E-state index contributed by atoms with van der Waals surface area (Å²) in [6.07, 6.45) is 0. The first-order valence-electron chi connectivity index (χ1n) is 9.38. The van der Waals surface area contributed by atoms with Crippen molar-refractivity contribution in [2.24, 2.45) is 0 Å². The van der Waals surface area contributed by atoms with Crippen LogP contribution in [0.4, 0.5) is 5.69 Å². The number of carbonyl (C=O) groups excluding carboxylic acids is 2. The minimum Gasteiger partial charge on any atom is -0.340 e. The predicted molar refractivity (Wildman–Crippen MR) is 108 cm³/mol. The van der Waals surface area contributed by atoms with Gasteiger partial charge in [0, 0.05) is 38.8 Å². The second-order valence-corrected chi connectivity index (χ2v) is 7.16. The molecule has 2 amide bonds. The molecule has 2 aromatic rings. The first-order chi connectivity index (χ1) is 13.0. The van der Waals surface area contributed by atoms with Gasteiger partial charge in [-0.2, -0.15) is 0 Å². The Bertz CT molecular complexity index is 812. The van der Waals surface area contributed by atoms with Gasteiger partial charge < -0.3 is 10.2 Å². The fourth-order valence-corrected chi connectivity index (χ4v) is 3.53. The zero-order valence-corrected chi connectivity index (χ0v) is 16.2. The van der Waals surface area contributed by atoms with E-state index < -0.39 is 0 Å². The van der Waals surface area contributed by atoms with E-state index >= 15 is 0 Å². The van der Waals surface area contributed by atoms with Crippen molar-refractivity contribution in [3.8, 4) is 0 Å². The second kappa shape index (κ2) is 8.35. The molecule has 3 rings (SSSR count). The number of aryl methyl sites for hydroxylation is 2. The van der Waals surface area contributed by atoms with Gasteiger partial charge in [-0.05, 0) is 36.6 Å². The largest absolute Gasteiger partial charge is 0.340 e. The van der Waals surface area contributed by atoms with Crippen LogP contribution in [-0.4, -0.2) is 47.8 Å². The summed E-state index contributed by atoms with van der Waals surface area (Å²) in [5.41, 5.74) is 3.98. The van der Waals surface area contributed by atoms with E-state index in [0.717, 1.165) is 22.4 Å². The van der Waals surface area contributed by atoms with Gasteiger partial charge in [0.25, 0.3) is 0 Å². The number of benzene rings is 2. The van der Waals surface area contributed by atoms with E-state index in [-0.39, 0.29) is 17.9 Å². The number of nitrogens with zero attached hydrogens (tertiary/aromatic N) is 2. The number of carbonyl (C=O) groups is 2. The highest BCUT2D eigenvalue weighted by Gasteiger charge is 2.31. The molecule has 0 spiro atoms. The summed E-state index contributed by atoms with van der Waals surface area (Å²) in [5, 5.41) is 3.12. The predicted octanol–water partition coefficient (Wildman–Crippen LogP) is 3.15. The molecule has 1 atom stereocenters. The van der Waals surface area contributed by atoms with Crippen LogP contribution < -0.4 is 5.32 Å². The lowest BCUT2D eigenvalue weighted by molar-refractivity contribution is -0.131. The Labute approximate surface area is 161 Å². The maximum absolute atomic E-state index is 13.3. The van der Waals surface area contributed by atoms with Crippen LogP contribution in [-0.2, 0) is 9.59 Å². The van der Waals surface area contributed by atoms with Crippen LogP contribution in [0.15, 0.2) is 48.5 Å². The van der Waals surface area contributed by atoms with E-state index in [1.807, 2.05) is 67.3 Å². The minimum absolute atomic E-state index is 0.0359. The first kappa shape index (κ1) is 19.1. The van der Waals surface area contributed by atoms with Gasteiger partial charge >= 0.3 is 0 Å². The van der Waals surface area contributed by atoms with Crippen LogP contribution in [0.25, 0.3) is 0 Å². The van der Waals surface area contributed by atoms with Crippen LogP contribution >= 0.6 is 0 Å². The number of hydrogen-bond donors (Lipinski definition) is 1. The molecule has 142 valence electrons. The quantitative estimate of drug-likeness (QED) is 0.906. The number of nitrogens with one attached hydrogen (secondary N) is 1. The van der Waals surface area contributed by atoms with Gasteiger partial charge in [0.15, 0.2) is 0 Å². The molecule has 0 bridgehead atoms. The van der Waals surface area contributed by atoms with Crippen molar-refractivity contribution in [3.63, 3.8) is 0 Å². The standard InChI is InChI=1S/C22H27N3O2/c1-16-9-10-17(2)20(15-16)23-22(27)21(19-7-5-4-6-8-19)25-13-11-24(12-14-25)18(3)26/h4-10,15,21H,11-14H2,1-3H3,(H,23,27)/t21-/m0/s1. The molecule has 1 N–H and O–H groups in total. The molecule has 1 saturated heterocycles. The molecule has 0 saturated carbocycles. The third kappa shape index (κ3) is 4.55. The molecular weight excluding hydrogens is 338 g/mol. The van der Waals surface area contributed by atoms with Crippen LogP contribution in [0.2, 0.25) is 0 Å². The Morgan fingerprint density at radius 3 is 2.26 bits per heavy atom. The molecule has 5 nitrogen and oxygen atoms in total. The first-order valence-corrected chi connectivity index (χ1v) is 9.38. The second-order valence-electron chi connectivity index (χ2n) is 7.16. The smallest absolute Gasteiger partial charge is 0.246 e. The molecule has 1 aliphatic rings. The van der Waals surface area contributed by atoms with E-state index in [0.29, 0.717) is 26.2 Å². The molecule has 0 radical (unpaired) electrons. The van der Waals surface area contributed by atoms with Crippen molar-refractivity contribution in [2.75, 3.05) is 31.5 Å². The van der Waals surface area contributed by atoms with Crippen molar-refractivity contribution in [1.29, 1.82) is 0 Å². The molecule has 5 heteroatoms. The van der Waals surface area contributed by atoms with Crippen molar-refractivity contribution in [2.45, 2.75) is 26.8 Å². The molecule has 0 unspecified atom stereocenters. The Kier molecular flexibility index (Phi) is 5.91. The Balaban J connectivity index is 1.83. The molecule has 2 aromatic carbocycles. The Hall–Kier alpha value is -2.66. The molecule has 1 aliphatic heterocycles. The van der Waals surface area contributed by atoms with Crippen molar-refractivity contribution in [3.05, 3.63) is 65.2 Å². The zero-order valence-electron chi connectivity index (χ0n) is 16.2. The van der Waals surface area contributed by atoms with Crippen molar-refractivity contribution < 1.29 is 9.59 Å². The van der Waals surface area contributed by atoms with Gasteiger partial charge in [-0.15, -0.1) is 0 Å². The van der Waals surface area contributed by atoms with Gasteiger partial charge in [-0.3, -0.25) is 14.5 Å². The normalized spacial score (nSPS) is 16.0. The highest BCUT2D eigenvalue weighted by Crippen LogP contribution is 2.25. The lowest BCUT2D eigenvalue weighted by Crippen LogP contribution is -2.51. The zero-order chi connectivity index (χ0) is 19.4. The molecule has 0 aromatic heterocycles. The van der Waals surface area contributed by atoms with Crippen molar-refractivity contribution in [1.82, 2.24) is 9.80 Å². The third-order valence-electron chi connectivity index (χ3n) is 5.14. The van der Waals surface area contributed by atoms with E-state index in [4.69, 9.17) is 0 Å². The SMILES string of the molecule is CC(=O)N1CCN([C@H](C(=O)Nc2cc(C)ccc2C)c2ccccc2)CC1. The number of anilines is 1. The summed E-state index contributed by atoms with van der Waals surface area (Å²) in [6, 6.07) is 15.5. The van der Waals surface area contributed by atoms with Gasteiger partial charge in [0.2, 0.25) is 11.8 Å². The average molecular weight is 365 g/mol. The van der Waals surface area contributed by atoms with E-state index in [2.05, 4.69) is 10.2 Å². The summed E-state index contributed by atoms with van der Waals surface area (Å²) >= 11 is 0. The number of piperazine rings is 1. The minimum atomic E-state index is -0.375. The average Bonchev–Trinajstić information content (AvgIpc) is 2.66. The molecule has 0 aliphatic carbocycles. The summed E-state index contributed by atoms with van der Waals surface area (Å²) in [4.78, 5) is 28.9. The number of hydrogen-bond acceptors (Lipinski definition) is 3. The Morgan fingerprint density at radius 2 is 1.63 bits per heavy atom. The van der Waals surface area contributed by atoms with Gasteiger partial charge in [0.05, 0.1) is 0 Å². The fourth-order valence-electron chi connectivity index (χ4n) is 3.53.